The molecule has 0 spiro atoms. The van der Waals surface area contributed by atoms with Gasteiger partial charge in [-0.15, -0.1) is 6.58 Å². The molecule has 0 saturated carbocycles. The second-order valence-corrected chi connectivity index (χ2v) is 4.21. The normalized spacial score (nSPS) is 11.4. The third kappa shape index (κ3) is 5.72. The van der Waals surface area contributed by atoms with Gasteiger partial charge in [0.15, 0.2) is 0 Å². The van der Waals surface area contributed by atoms with E-state index in [-0.39, 0.29) is 18.5 Å². The molecule has 5 nitrogen and oxygen atoms in total. The quantitative estimate of drug-likeness (QED) is 0.689. The van der Waals surface area contributed by atoms with Crippen molar-refractivity contribution in [2.24, 2.45) is 0 Å². The number of amides is 2. The van der Waals surface area contributed by atoms with E-state index in [9.17, 15) is 9.59 Å². The number of benzene rings is 1. The van der Waals surface area contributed by atoms with Crippen LogP contribution < -0.4 is 10.6 Å². The van der Waals surface area contributed by atoms with E-state index in [1.807, 2.05) is 6.92 Å². The molecule has 0 aliphatic rings. The minimum absolute atomic E-state index is 0.101. The predicted octanol–water partition coefficient (Wildman–Crippen LogP) is 2.40. The lowest BCUT2D eigenvalue weighted by Crippen LogP contribution is -2.34. The number of urea groups is 1. The van der Waals surface area contributed by atoms with Crippen molar-refractivity contribution in [3.63, 3.8) is 0 Å². The summed E-state index contributed by atoms with van der Waals surface area (Å²) < 4.78 is 0. The van der Waals surface area contributed by atoms with E-state index in [0.717, 1.165) is 5.56 Å². The molecule has 0 aliphatic heterocycles. The molecule has 1 unspecified atom stereocenters. The molecule has 0 bridgehead atoms. The number of aliphatic carboxylic acids is 1. The maximum atomic E-state index is 11.5. The van der Waals surface area contributed by atoms with Gasteiger partial charge in [0.2, 0.25) is 0 Å². The Hall–Kier alpha value is -2.30. The molecule has 0 fully saturated rings. The predicted molar refractivity (Wildman–Crippen MR) is 74.2 cm³/mol. The smallest absolute Gasteiger partial charge is 0.319 e. The molecule has 0 aliphatic carbocycles. The highest BCUT2D eigenvalue weighted by atomic mass is 16.4. The first-order valence-electron chi connectivity index (χ1n) is 6.02. The van der Waals surface area contributed by atoms with Gasteiger partial charge in [0.05, 0.1) is 0 Å². The molecule has 19 heavy (non-hydrogen) atoms. The Morgan fingerprint density at radius 2 is 2.00 bits per heavy atom. The number of nitrogens with one attached hydrogen (secondary N) is 2. The molecule has 1 atom stereocenters. The lowest BCUT2D eigenvalue weighted by molar-refractivity contribution is -0.136. The number of aryl methyl sites for hydroxylation is 1. The average molecular weight is 262 g/mol. The van der Waals surface area contributed by atoms with Crippen LogP contribution >= 0.6 is 0 Å². The zero-order valence-electron chi connectivity index (χ0n) is 10.8. The maximum absolute atomic E-state index is 11.5. The van der Waals surface area contributed by atoms with Crippen LogP contribution in [0.3, 0.4) is 0 Å². The zero-order chi connectivity index (χ0) is 14.3. The van der Waals surface area contributed by atoms with Gasteiger partial charge in [-0.25, -0.2) is 4.79 Å². The van der Waals surface area contributed by atoms with Crippen LogP contribution in [0.1, 0.15) is 18.9 Å². The number of carbonyl (C=O) groups excluding carboxylic acids is 1. The Kier molecular flexibility index (Phi) is 5.60. The number of anilines is 1. The minimum Gasteiger partial charge on any atom is -0.481 e. The number of hydrogen-bond donors (Lipinski definition) is 3. The first kappa shape index (κ1) is 14.8. The van der Waals surface area contributed by atoms with E-state index in [4.69, 9.17) is 5.11 Å². The Morgan fingerprint density at radius 3 is 2.53 bits per heavy atom. The summed E-state index contributed by atoms with van der Waals surface area (Å²) in [5.41, 5.74) is 1.58. The first-order valence-corrected chi connectivity index (χ1v) is 6.02. The van der Waals surface area contributed by atoms with Gasteiger partial charge in [0.25, 0.3) is 0 Å². The van der Waals surface area contributed by atoms with E-state index in [1.165, 1.54) is 0 Å². The molecule has 3 N–H and O–H groups in total. The van der Waals surface area contributed by atoms with Gasteiger partial charge in [0.1, 0.15) is 0 Å². The van der Waals surface area contributed by atoms with Crippen molar-refractivity contribution in [2.45, 2.75) is 25.8 Å². The van der Waals surface area contributed by atoms with E-state index in [2.05, 4.69) is 17.2 Å². The van der Waals surface area contributed by atoms with Crippen LogP contribution in [0.25, 0.3) is 0 Å². The third-order valence-corrected chi connectivity index (χ3v) is 2.55. The Balaban J connectivity index is 2.49. The van der Waals surface area contributed by atoms with Crippen molar-refractivity contribution in [3.05, 3.63) is 42.5 Å². The summed E-state index contributed by atoms with van der Waals surface area (Å²) in [5.74, 6) is -0.819. The third-order valence-electron chi connectivity index (χ3n) is 2.55. The van der Waals surface area contributed by atoms with Crippen molar-refractivity contribution in [1.82, 2.24) is 5.32 Å². The van der Waals surface area contributed by atoms with Gasteiger partial charge in [0, 0.05) is 18.2 Å². The fourth-order valence-corrected chi connectivity index (χ4v) is 1.44. The maximum Gasteiger partial charge on any atom is 0.319 e. The van der Waals surface area contributed by atoms with Crippen molar-refractivity contribution >= 4 is 17.7 Å². The number of hydrogen-bond acceptors (Lipinski definition) is 2. The van der Waals surface area contributed by atoms with E-state index in [1.54, 1.807) is 30.3 Å². The van der Waals surface area contributed by atoms with Gasteiger partial charge in [-0.1, -0.05) is 18.2 Å². The molecule has 0 radical (unpaired) electrons. The zero-order valence-corrected chi connectivity index (χ0v) is 10.8. The first-order chi connectivity index (χ1) is 9.01. The van der Waals surface area contributed by atoms with Crippen LogP contribution in [0.5, 0.6) is 0 Å². The Labute approximate surface area is 112 Å². The molecular weight excluding hydrogens is 244 g/mol. The Morgan fingerprint density at radius 1 is 1.37 bits per heavy atom. The number of carboxylic acid groups (broad SMARTS) is 1. The Bertz CT molecular complexity index is 454. The molecule has 1 aromatic carbocycles. The van der Waals surface area contributed by atoms with Crippen LogP contribution in [-0.4, -0.2) is 23.1 Å². The molecule has 0 heterocycles. The van der Waals surface area contributed by atoms with Crippen molar-refractivity contribution < 1.29 is 14.7 Å². The largest absolute Gasteiger partial charge is 0.481 e. The SMILES string of the molecule is C=CC(C)NC(=O)Nc1ccc(CCC(=O)O)cc1. The van der Waals surface area contributed by atoms with Gasteiger partial charge >= 0.3 is 12.0 Å². The molecule has 2 amide bonds. The number of carbonyl (C=O) groups is 2. The van der Waals surface area contributed by atoms with Crippen LogP contribution in [0.4, 0.5) is 10.5 Å². The second kappa shape index (κ2) is 7.20. The van der Waals surface area contributed by atoms with Crippen LogP contribution in [-0.2, 0) is 11.2 Å². The molecule has 102 valence electrons. The number of rotatable bonds is 6. The monoisotopic (exact) mass is 262 g/mol. The molecule has 0 saturated heterocycles. The minimum atomic E-state index is -0.819. The van der Waals surface area contributed by atoms with E-state index >= 15 is 0 Å². The topological polar surface area (TPSA) is 78.4 Å². The van der Waals surface area contributed by atoms with Crippen molar-refractivity contribution in [1.29, 1.82) is 0 Å². The molecule has 0 aromatic heterocycles. The van der Waals surface area contributed by atoms with Crippen LogP contribution in [0.15, 0.2) is 36.9 Å². The second-order valence-electron chi connectivity index (χ2n) is 4.21. The van der Waals surface area contributed by atoms with Crippen molar-refractivity contribution in [3.8, 4) is 0 Å². The lowest BCUT2D eigenvalue weighted by Gasteiger charge is -2.11. The number of carboxylic acids is 1. The standard InChI is InChI=1S/C14H18N2O3/c1-3-10(2)15-14(19)16-12-7-4-11(5-8-12)6-9-13(17)18/h3-5,7-8,10H,1,6,9H2,2H3,(H,17,18)(H2,15,16,19). The molecule has 1 rings (SSSR count). The summed E-state index contributed by atoms with van der Waals surface area (Å²) in [6.45, 7) is 5.40. The molecule has 5 heteroatoms. The highest BCUT2D eigenvalue weighted by molar-refractivity contribution is 5.89. The average Bonchev–Trinajstić information content (AvgIpc) is 2.37. The summed E-state index contributed by atoms with van der Waals surface area (Å²) in [6, 6.07) is 6.69. The highest BCUT2D eigenvalue weighted by Gasteiger charge is 2.04. The summed E-state index contributed by atoms with van der Waals surface area (Å²) >= 11 is 0. The van der Waals surface area contributed by atoms with Gasteiger partial charge < -0.3 is 15.7 Å². The summed E-state index contributed by atoms with van der Waals surface area (Å²) in [4.78, 5) is 22.0. The van der Waals surface area contributed by atoms with E-state index < -0.39 is 5.97 Å². The van der Waals surface area contributed by atoms with Crippen LogP contribution in [0, 0.1) is 0 Å². The van der Waals surface area contributed by atoms with Crippen molar-refractivity contribution in [2.75, 3.05) is 5.32 Å². The van der Waals surface area contributed by atoms with Gasteiger partial charge in [-0.3, -0.25) is 4.79 Å². The lowest BCUT2D eigenvalue weighted by atomic mass is 10.1. The van der Waals surface area contributed by atoms with Crippen LogP contribution in [0.2, 0.25) is 0 Å². The summed E-state index contributed by atoms with van der Waals surface area (Å²) in [7, 11) is 0. The highest BCUT2D eigenvalue weighted by Crippen LogP contribution is 2.11. The van der Waals surface area contributed by atoms with Gasteiger partial charge in [-0.2, -0.15) is 0 Å². The van der Waals surface area contributed by atoms with E-state index in [0.29, 0.717) is 12.1 Å². The van der Waals surface area contributed by atoms with Gasteiger partial charge in [-0.05, 0) is 31.0 Å². The molecular formula is C14H18N2O3. The summed E-state index contributed by atoms with van der Waals surface area (Å²) in [6.07, 6.45) is 2.22. The molecule has 1 aromatic rings. The summed E-state index contributed by atoms with van der Waals surface area (Å²) in [5, 5.41) is 14.0. The fourth-order valence-electron chi connectivity index (χ4n) is 1.44. The fraction of sp³-hybridized carbons (Fsp3) is 0.286.